The summed E-state index contributed by atoms with van der Waals surface area (Å²) < 4.78 is 0. The molecule has 0 aliphatic rings. The van der Waals surface area contributed by atoms with Crippen LogP contribution in [-0.2, 0) is 6.54 Å². The van der Waals surface area contributed by atoms with E-state index in [4.69, 9.17) is 0 Å². The summed E-state index contributed by atoms with van der Waals surface area (Å²) in [6.07, 6.45) is 3.64. The molecule has 5 nitrogen and oxygen atoms in total. The summed E-state index contributed by atoms with van der Waals surface area (Å²) in [6.45, 7) is 2.72. The Balaban J connectivity index is 2.52. The molecule has 90 valence electrons. The number of anilines is 1. The molecular weight excluding hydrogens is 202 g/mol. The zero-order valence-electron chi connectivity index (χ0n) is 10.6. The zero-order valence-corrected chi connectivity index (χ0v) is 10.6. The molecule has 1 rings (SSSR count). The maximum atomic E-state index is 4.38. The Morgan fingerprint density at radius 3 is 2.38 bits per heavy atom. The third kappa shape index (κ3) is 4.12. The lowest BCUT2D eigenvalue weighted by molar-refractivity contribution is 0.416. The van der Waals surface area contributed by atoms with Crippen LogP contribution in [0.25, 0.3) is 0 Å². The van der Waals surface area contributed by atoms with Crippen LogP contribution in [0, 0.1) is 0 Å². The second-order valence-electron chi connectivity index (χ2n) is 4.12. The van der Waals surface area contributed by atoms with Crippen molar-refractivity contribution in [3.63, 3.8) is 0 Å². The van der Waals surface area contributed by atoms with Gasteiger partial charge in [-0.2, -0.15) is 0 Å². The molecule has 1 heterocycles. The van der Waals surface area contributed by atoms with Crippen LogP contribution in [0.4, 0.5) is 5.82 Å². The number of hydrogen-bond donors (Lipinski definition) is 1. The van der Waals surface area contributed by atoms with Crippen molar-refractivity contribution in [1.29, 1.82) is 0 Å². The van der Waals surface area contributed by atoms with Gasteiger partial charge < -0.3 is 15.1 Å². The minimum Gasteiger partial charge on any atom is -0.357 e. The Morgan fingerprint density at radius 2 is 1.88 bits per heavy atom. The predicted molar refractivity (Wildman–Crippen MR) is 66.6 cm³/mol. The Morgan fingerprint density at radius 1 is 1.12 bits per heavy atom. The van der Waals surface area contributed by atoms with Gasteiger partial charge in [0.1, 0.15) is 5.82 Å². The summed E-state index contributed by atoms with van der Waals surface area (Å²) in [7, 11) is 8.06. The smallest absolute Gasteiger partial charge is 0.146 e. The van der Waals surface area contributed by atoms with E-state index in [1.54, 1.807) is 0 Å². The molecule has 0 fully saturated rings. The topological polar surface area (TPSA) is 44.3 Å². The summed E-state index contributed by atoms with van der Waals surface area (Å²) >= 11 is 0. The summed E-state index contributed by atoms with van der Waals surface area (Å²) in [5.74, 6) is 0.918. The van der Waals surface area contributed by atoms with Gasteiger partial charge in [0.05, 0.1) is 18.1 Å². The van der Waals surface area contributed by atoms with Crippen molar-refractivity contribution in [2.24, 2.45) is 0 Å². The lowest BCUT2D eigenvalue weighted by atomic mass is 10.4. The molecule has 5 heteroatoms. The van der Waals surface area contributed by atoms with Crippen LogP contribution in [-0.4, -0.2) is 56.1 Å². The van der Waals surface area contributed by atoms with Crippen LogP contribution in [0.2, 0.25) is 0 Å². The molecule has 0 saturated carbocycles. The zero-order chi connectivity index (χ0) is 12.0. The number of nitrogens with zero attached hydrogens (tertiary/aromatic N) is 4. The lowest BCUT2D eigenvalue weighted by Gasteiger charge is -2.20. The molecule has 0 saturated heterocycles. The van der Waals surface area contributed by atoms with Crippen molar-refractivity contribution in [3.8, 4) is 0 Å². The second kappa shape index (κ2) is 6.40. The van der Waals surface area contributed by atoms with Gasteiger partial charge in [0.25, 0.3) is 0 Å². The van der Waals surface area contributed by atoms with E-state index in [0.717, 1.165) is 31.1 Å². The van der Waals surface area contributed by atoms with E-state index in [1.165, 1.54) is 0 Å². The van der Waals surface area contributed by atoms with Crippen molar-refractivity contribution in [1.82, 2.24) is 20.2 Å². The highest BCUT2D eigenvalue weighted by Gasteiger charge is 2.03. The standard InChI is InChI=1S/C11H21N5/c1-12-7-10-8-14-11(9-13-10)16(4)6-5-15(2)3/h8-9,12H,5-7H2,1-4H3. The van der Waals surface area contributed by atoms with Gasteiger partial charge in [0.2, 0.25) is 0 Å². The number of rotatable bonds is 6. The molecule has 16 heavy (non-hydrogen) atoms. The average molecular weight is 223 g/mol. The van der Waals surface area contributed by atoms with Crippen LogP contribution in [0.3, 0.4) is 0 Å². The largest absolute Gasteiger partial charge is 0.357 e. The second-order valence-corrected chi connectivity index (χ2v) is 4.12. The van der Waals surface area contributed by atoms with Crippen LogP contribution < -0.4 is 10.2 Å². The Hall–Kier alpha value is -1.20. The molecular formula is C11H21N5. The molecule has 0 unspecified atom stereocenters. The van der Waals surface area contributed by atoms with Crippen molar-refractivity contribution >= 4 is 5.82 Å². The van der Waals surface area contributed by atoms with E-state index in [0.29, 0.717) is 0 Å². The Bertz CT molecular complexity index is 296. The van der Waals surface area contributed by atoms with Gasteiger partial charge in [-0.3, -0.25) is 4.98 Å². The molecule has 0 bridgehead atoms. The van der Waals surface area contributed by atoms with E-state index in [9.17, 15) is 0 Å². The predicted octanol–water partition coefficient (Wildman–Crippen LogP) is 0.194. The Labute approximate surface area is 97.5 Å². The SMILES string of the molecule is CNCc1cnc(N(C)CCN(C)C)cn1. The number of aromatic nitrogens is 2. The first-order chi connectivity index (χ1) is 7.63. The van der Waals surface area contributed by atoms with Crippen molar-refractivity contribution in [3.05, 3.63) is 18.1 Å². The molecule has 0 amide bonds. The van der Waals surface area contributed by atoms with E-state index in [2.05, 4.69) is 39.2 Å². The fourth-order valence-corrected chi connectivity index (χ4v) is 1.28. The summed E-state index contributed by atoms with van der Waals surface area (Å²) in [5.41, 5.74) is 0.965. The van der Waals surface area contributed by atoms with Crippen LogP contribution in [0.15, 0.2) is 12.4 Å². The molecule has 0 radical (unpaired) electrons. The molecule has 1 aromatic rings. The van der Waals surface area contributed by atoms with Crippen molar-refractivity contribution in [2.45, 2.75) is 6.54 Å². The maximum Gasteiger partial charge on any atom is 0.146 e. The molecule has 0 spiro atoms. The van der Waals surface area contributed by atoms with Crippen LogP contribution >= 0.6 is 0 Å². The minimum atomic E-state index is 0.759. The average Bonchev–Trinajstić information content (AvgIpc) is 2.27. The molecule has 1 aromatic heterocycles. The highest BCUT2D eigenvalue weighted by atomic mass is 15.2. The van der Waals surface area contributed by atoms with E-state index in [-0.39, 0.29) is 0 Å². The minimum absolute atomic E-state index is 0.759. The summed E-state index contributed by atoms with van der Waals surface area (Å²) in [5, 5.41) is 3.05. The molecule has 1 N–H and O–H groups in total. The molecule has 0 aromatic carbocycles. The normalized spacial score (nSPS) is 10.8. The van der Waals surface area contributed by atoms with Crippen molar-refractivity contribution in [2.75, 3.05) is 46.2 Å². The highest BCUT2D eigenvalue weighted by Crippen LogP contribution is 2.06. The first-order valence-corrected chi connectivity index (χ1v) is 5.45. The fourth-order valence-electron chi connectivity index (χ4n) is 1.28. The van der Waals surface area contributed by atoms with Gasteiger partial charge in [-0.1, -0.05) is 0 Å². The molecule has 0 aliphatic heterocycles. The van der Waals surface area contributed by atoms with Gasteiger partial charge in [-0.05, 0) is 21.1 Å². The first-order valence-electron chi connectivity index (χ1n) is 5.45. The lowest BCUT2D eigenvalue weighted by Crippen LogP contribution is -2.29. The van der Waals surface area contributed by atoms with Gasteiger partial charge in [-0.15, -0.1) is 0 Å². The van der Waals surface area contributed by atoms with Crippen LogP contribution in [0.1, 0.15) is 5.69 Å². The van der Waals surface area contributed by atoms with E-state index in [1.807, 2.05) is 26.5 Å². The maximum absolute atomic E-state index is 4.38. The Kier molecular flexibility index (Phi) is 5.14. The molecule has 0 aliphatic carbocycles. The van der Waals surface area contributed by atoms with Gasteiger partial charge >= 0.3 is 0 Å². The third-order valence-electron chi connectivity index (χ3n) is 2.32. The highest BCUT2D eigenvalue weighted by molar-refractivity contribution is 5.34. The quantitative estimate of drug-likeness (QED) is 0.746. The fraction of sp³-hybridized carbons (Fsp3) is 0.636. The third-order valence-corrected chi connectivity index (χ3v) is 2.32. The number of nitrogens with one attached hydrogen (secondary N) is 1. The van der Waals surface area contributed by atoms with Crippen LogP contribution in [0.5, 0.6) is 0 Å². The number of hydrogen-bond acceptors (Lipinski definition) is 5. The summed E-state index contributed by atoms with van der Waals surface area (Å²) in [4.78, 5) is 13.0. The van der Waals surface area contributed by atoms with Gasteiger partial charge in [-0.25, -0.2) is 4.98 Å². The molecule has 0 atom stereocenters. The van der Waals surface area contributed by atoms with Gasteiger partial charge in [0.15, 0.2) is 0 Å². The van der Waals surface area contributed by atoms with E-state index >= 15 is 0 Å². The number of likely N-dealkylation sites (N-methyl/N-ethyl adjacent to an activating group) is 2. The monoisotopic (exact) mass is 223 g/mol. The first kappa shape index (κ1) is 12.9. The van der Waals surface area contributed by atoms with Crippen molar-refractivity contribution < 1.29 is 0 Å². The summed E-state index contributed by atoms with van der Waals surface area (Å²) in [6, 6.07) is 0. The van der Waals surface area contributed by atoms with Gasteiger partial charge in [0, 0.05) is 26.7 Å². The van der Waals surface area contributed by atoms with E-state index < -0.39 is 0 Å².